The Bertz CT molecular complexity index is 476. The number of benzene rings is 1. The van der Waals surface area contributed by atoms with Crippen LogP contribution in [0.5, 0.6) is 0 Å². The second-order valence-electron chi connectivity index (χ2n) is 5.25. The van der Waals surface area contributed by atoms with Crippen molar-refractivity contribution in [2.24, 2.45) is 11.3 Å². The Morgan fingerprint density at radius 3 is 2.61 bits per heavy atom. The monoisotopic (exact) mass is 238 g/mol. The molecule has 0 N–H and O–H groups in total. The van der Waals surface area contributed by atoms with Crippen molar-refractivity contribution < 1.29 is 0 Å². The normalized spacial score (nSPS) is 27.5. The topological polar surface area (TPSA) is 0 Å². The molecule has 0 aliphatic heterocycles. The first-order valence-corrected chi connectivity index (χ1v) is 6.80. The first kappa shape index (κ1) is 12.9. The fraction of sp³-hybridized carbons (Fsp3) is 0.333. The molecule has 0 nitrogen and oxygen atoms in total. The van der Waals surface area contributed by atoms with Crippen LogP contribution in [0.2, 0.25) is 0 Å². The average molecular weight is 238 g/mol. The maximum atomic E-state index is 2.35. The average Bonchev–Trinajstić information content (AvgIpc) is 2.41. The molecule has 2 atom stereocenters. The van der Waals surface area contributed by atoms with Crippen molar-refractivity contribution in [3.05, 3.63) is 66.3 Å². The minimum absolute atomic E-state index is 0.135. The van der Waals surface area contributed by atoms with Crippen LogP contribution in [-0.4, -0.2) is 0 Å². The van der Waals surface area contributed by atoms with Gasteiger partial charge in [0.2, 0.25) is 0 Å². The van der Waals surface area contributed by atoms with Gasteiger partial charge in [0, 0.05) is 5.41 Å². The number of rotatable bonds is 3. The fourth-order valence-electron chi connectivity index (χ4n) is 2.53. The van der Waals surface area contributed by atoms with E-state index < -0.39 is 0 Å². The predicted octanol–water partition coefficient (Wildman–Crippen LogP) is 5.25. The number of hydrogen-bond donors (Lipinski definition) is 0. The third kappa shape index (κ3) is 2.48. The summed E-state index contributed by atoms with van der Waals surface area (Å²) in [5.41, 5.74) is 2.91. The molecular weight excluding hydrogens is 216 g/mol. The van der Waals surface area contributed by atoms with Crippen molar-refractivity contribution >= 4 is 5.57 Å². The van der Waals surface area contributed by atoms with Crippen molar-refractivity contribution in [3.8, 4) is 0 Å². The highest BCUT2D eigenvalue weighted by Crippen LogP contribution is 2.42. The van der Waals surface area contributed by atoms with Crippen LogP contribution in [0.15, 0.2) is 60.7 Å². The third-order valence-electron chi connectivity index (χ3n) is 3.95. The van der Waals surface area contributed by atoms with E-state index in [9.17, 15) is 0 Å². The van der Waals surface area contributed by atoms with E-state index in [-0.39, 0.29) is 5.41 Å². The lowest BCUT2D eigenvalue weighted by atomic mass is 9.69. The van der Waals surface area contributed by atoms with Crippen LogP contribution >= 0.6 is 0 Å². The van der Waals surface area contributed by atoms with Gasteiger partial charge in [0.15, 0.2) is 0 Å². The predicted molar refractivity (Wildman–Crippen MR) is 80.3 cm³/mol. The molecule has 0 radical (unpaired) electrons. The third-order valence-corrected chi connectivity index (χ3v) is 3.95. The lowest BCUT2D eigenvalue weighted by Crippen LogP contribution is -2.23. The second-order valence-corrected chi connectivity index (χ2v) is 5.25. The molecule has 0 saturated heterocycles. The molecule has 0 heteroatoms. The van der Waals surface area contributed by atoms with E-state index in [1.807, 2.05) is 0 Å². The molecule has 0 fully saturated rings. The van der Waals surface area contributed by atoms with E-state index in [1.54, 1.807) is 0 Å². The maximum Gasteiger partial charge on any atom is 0.0102 e. The van der Waals surface area contributed by atoms with Crippen LogP contribution in [-0.2, 0) is 0 Å². The Morgan fingerprint density at radius 2 is 1.94 bits per heavy atom. The molecule has 2 rings (SSSR count). The zero-order valence-electron chi connectivity index (χ0n) is 11.6. The first-order chi connectivity index (χ1) is 8.67. The van der Waals surface area contributed by atoms with Gasteiger partial charge in [-0.1, -0.05) is 81.5 Å². The molecule has 0 aromatic heterocycles. The molecule has 0 heterocycles. The summed E-state index contributed by atoms with van der Waals surface area (Å²) in [6, 6.07) is 10.7. The van der Waals surface area contributed by atoms with E-state index in [4.69, 9.17) is 0 Å². The fourth-order valence-corrected chi connectivity index (χ4v) is 2.53. The van der Waals surface area contributed by atoms with E-state index >= 15 is 0 Å². The summed E-state index contributed by atoms with van der Waals surface area (Å²) in [6.45, 7) is 6.82. The van der Waals surface area contributed by atoms with Gasteiger partial charge in [-0.15, -0.1) is 0 Å². The van der Waals surface area contributed by atoms with Gasteiger partial charge < -0.3 is 0 Å². The molecule has 0 bridgehead atoms. The molecule has 2 unspecified atom stereocenters. The Hall–Kier alpha value is -1.56. The maximum absolute atomic E-state index is 2.35. The molecule has 1 aromatic rings. The van der Waals surface area contributed by atoms with Crippen LogP contribution in [0.25, 0.3) is 5.57 Å². The Balaban J connectivity index is 2.33. The zero-order chi connectivity index (χ0) is 13.0. The first-order valence-electron chi connectivity index (χ1n) is 6.80. The highest BCUT2D eigenvalue weighted by molar-refractivity contribution is 5.71. The van der Waals surface area contributed by atoms with Gasteiger partial charge in [0.25, 0.3) is 0 Å². The van der Waals surface area contributed by atoms with E-state index in [1.165, 1.54) is 11.1 Å². The summed E-state index contributed by atoms with van der Waals surface area (Å²) in [5.74, 6) is 0.507. The minimum atomic E-state index is 0.135. The molecule has 1 aromatic carbocycles. The second kappa shape index (κ2) is 5.39. The van der Waals surface area contributed by atoms with E-state index in [0.29, 0.717) is 5.92 Å². The number of allylic oxidation sites excluding steroid dienone is 6. The van der Waals surface area contributed by atoms with Gasteiger partial charge >= 0.3 is 0 Å². The molecule has 0 amide bonds. The van der Waals surface area contributed by atoms with Crippen LogP contribution in [0.4, 0.5) is 0 Å². The van der Waals surface area contributed by atoms with E-state index in [0.717, 1.165) is 6.42 Å². The molecule has 18 heavy (non-hydrogen) atoms. The Labute approximate surface area is 111 Å². The Morgan fingerprint density at radius 1 is 1.22 bits per heavy atom. The number of hydrogen-bond acceptors (Lipinski definition) is 0. The van der Waals surface area contributed by atoms with Crippen LogP contribution < -0.4 is 0 Å². The summed E-state index contributed by atoms with van der Waals surface area (Å²) >= 11 is 0. The molecule has 0 spiro atoms. The van der Waals surface area contributed by atoms with Gasteiger partial charge in [-0.2, -0.15) is 0 Å². The summed E-state index contributed by atoms with van der Waals surface area (Å²) in [4.78, 5) is 0. The smallest absolute Gasteiger partial charge is 0.0102 e. The quantitative estimate of drug-likeness (QED) is 0.631. The molecule has 1 aliphatic carbocycles. The highest BCUT2D eigenvalue weighted by atomic mass is 14.3. The summed E-state index contributed by atoms with van der Waals surface area (Å²) in [7, 11) is 0. The Kier molecular flexibility index (Phi) is 3.86. The highest BCUT2D eigenvalue weighted by Gasteiger charge is 2.30. The lowest BCUT2D eigenvalue weighted by molar-refractivity contribution is 0.430. The SMILES string of the molecule is CCC=CC1(C)C=CC=C(c2ccccc2)C1C. The largest absolute Gasteiger partial charge is 0.0879 e. The summed E-state index contributed by atoms with van der Waals surface area (Å²) < 4.78 is 0. The molecule has 0 saturated carbocycles. The summed E-state index contributed by atoms with van der Waals surface area (Å²) in [5, 5.41) is 0. The van der Waals surface area contributed by atoms with Crippen LogP contribution in [0.1, 0.15) is 32.8 Å². The van der Waals surface area contributed by atoms with E-state index in [2.05, 4.69) is 81.5 Å². The van der Waals surface area contributed by atoms with Gasteiger partial charge in [-0.05, 0) is 23.5 Å². The standard InChI is InChI=1S/C18H22/c1-4-5-13-18(3)14-9-12-17(15(18)2)16-10-7-6-8-11-16/h5-15H,4H2,1-3H3. The van der Waals surface area contributed by atoms with Crippen molar-refractivity contribution in [3.63, 3.8) is 0 Å². The van der Waals surface area contributed by atoms with Gasteiger partial charge in [-0.3, -0.25) is 0 Å². The molecular formula is C18H22. The molecule has 1 aliphatic rings. The minimum Gasteiger partial charge on any atom is -0.0879 e. The lowest BCUT2D eigenvalue weighted by Gasteiger charge is -2.34. The van der Waals surface area contributed by atoms with Crippen molar-refractivity contribution in [1.29, 1.82) is 0 Å². The van der Waals surface area contributed by atoms with Crippen molar-refractivity contribution in [2.45, 2.75) is 27.2 Å². The zero-order valence-corrected chi connectivity index (χ0v) is 11.6. The van der Waals surface area contributed by atoms with Crippen LogP contribution in [0, 0.1) is 11.3 Å². The van der Waals surface area contributed by atoms with Gasteiger partial charge in [0.05, 0.1) is 0 Å². The van der Waals surface area contributed by atoms with Gasteiger partial charge in [-0.25, -0.2) is 0 Å². The van der Waals surface area contributed by atoms with Gasteiger partial charge in [0.1, 0.15) is 0 Å². The van der Waals surface area contributed by atoms with Crippen molar-refractivity contribution in [2.75, 3.05) is 0 Å². The molecule has 94 valence electrons. The summed E-state index contributed by atoms with van der Waals surface area (Å²) in [6.07, 6.45) is 12.5. The van der Waals surface area contributed by atoms with Crippen molar-refractivity contribution in [1.82, 2.24) is 0 Å². The van der Waals surface area contributed by atoms with Crippen LogP contribution in [0.3, 0.4) is 0 Å².